The van der Waals surface area contributed by atoms with Gasteiger partial charge in [0.2, 0.25) is 11.8 Å². The average molecular weight is 435 g/mol. The quantitative estimate of drug-likeness (QED) is 0.571. The molecule has 1 saturated heterocycles. The standard InChI is InChI=1S/C25H30N4O3/c1-19(30)27-24(17-20-18-26-23-10-6-5-9-22(20)23)25(31)29-13-11-28(12-14-29)15-16-32-21-7-3-2-4-8-21/h2-10,18,24,26H,11-17H2,1H3,(H,27,30)/t24-/m0/s1. The van der Waals surface area contributed by atoms with Gasteiger partial charge in [0.1, 0.15) is 18.4 Å². The van der Waals surface area contributed by atoms with Crippen LogP contribution in [0.15, 0.2) is 60.8 Å². The molecule has 0 bridgehead atoms. The highest BCUT2D eigenvalue weighted by atomic mass is 16.5. The van der Waals surface area contributed by atoms with Gasteiger partial charge in [-0.25, -0.2) is 0 Å². The third kappa shape index (κ3) is 5.48. The molecule has 0 aliphatic carbocycles. The molecule has 1 aliphatic rings. The van der Waals surface area contributed by atoms with E-state index in [1.165, 1.54) is 6.92 Å². The SMILES string of the molecule is CC(=O)N[C@@H](Cc1c[nH]c2ccccc12)C(=O)N1CCN(CCOc2ccccc2)CC1. The molecule has 1 fully saturated rings. The second-order valence-electron chi connectivity index (χ2n) is 8.15. The van der Waals surface area contributed by atoms with Gasteiger partial charge < -0.3 is 19.9 Å². The van der Waals surface area contributed by atoms with Crippen molar-refractivity contribution in [3.8, 4) is 5.75 Å². The number of rotatable bonds is 8. The Morgan fingerprint density at radius 2 is 1.75 bits per heavy atom. The zero-order chi connectivity index (χ0) is 22.3. The van der Waals surface area contributed by atoms with Crippen LogP contribution in [0.2, 0.25) is 0 Å². The predicted molar refractivity (Wildman–Crippen MR) is 125 cm³/mol. The summed E-state index contributed by atoms with van der Waals surface area (Å²) in [5.74, 6) is 0.655. The molecule has 7 heteroatoms. The number of amides is 2. The van der Waals surface area contributed by atoms with Crippen molar-refractivity contribution < 1.29 is 14.3 Å². The van der Waals surface area contributed by atoms with Crippen molar-refractivity contribution in [1.29, 1.82) is 0 Å². The molecule has 2 aromatic carbocycles. The van der Waals surface area contributed by atoms with Crippen LogP contribution in [-0.2, 0) is 16.0 Å². The van der Waals surface area contributed by atoms with Crippen molar-refractivity contribution in [3.63, 3.8) is 0 Å². The Morgan fingerprint density at radius 3 is 2.50 bits per heavy atom. The van der Waals surface area contributed by atoms with E-state index in [0.717, 1.165) is 41.9 Å². The Morgan fingerprint density at radius 1 is 1.03 bits per heavy atom. The molecule has 0 spiro atoms. The average Bonchev–Trinajstić information content (AvgIpc) is 3.22. The summed E-state index contributed by atoms with van der Waals surface area (Å²) < 4.78 is 5.79. The van der Waals surface area contributed by atoms with Crippen LogP contribution >= 0.6 is 0 Å². The molecule has 2 heterocycles. The van der Waals surface area contributed by atoms with Crippen LogP contribution in [0.3, 0.4) is 0 Å². The molecular weight excluding hydrogens is 404 g/mol. The lowest BCUT2D eigenvalue weighted by Gasteiger charge is -2.36. The number of piperazine rings is 1. The molecule has 32 heavy (non-hydrogen) atoms. The summed E-state index contributed by atoms with van der Waals surface area (Å²) in [6.45, 7) is 5.78. The maximum absolute atomic E-state index is 13.3. The number of para-hydroxylation sites is 2. The number of fused-ring (bicyclic) bond motifs is 1. The first kappa shape index (κ1) is 21.9. The summed E-state index contributed by atoms with van der Waals surface area (Å²) >= 11 is 0. The summed E-state index contributed by atoms with van der Waals surface area (Å²) in [6, 6.07) is 17.2. The highest BCUT2D eigenvalue weighted by Gasteiger charge is 2.28. The number of aromatic amines is 1. The van der Waals surface area contributed by atoms with E-state index in [-0.39, 0.29) is 11.8 Å². The highest BCUT2D eigenvalue weighted by Crippen LogP contribution is 2.20. The predicted octanol–water partition coefficient (Wildman–Crippen LogP) is 2.44. The van der Waals surface area contributed by atoms with E-state index in [1.807, 2.05) is 65.7 Å². The number of nitrogens with one attached hydrogen (secondary N) is 2. The third-order valence-electron chi connectivity index (χ3n) is 5.88. The van der Waals surface area contributed by atoms with E-state index in [4.69, 9.17) is 4.74 Å². The number of nitrogens with zero attached hydrogens (tertiary/aromatic N) is 2. The van der Waals surface area contributed by atoms with Crippen LogP contribution in [-0.4, -0.2) is 72.0 Å². The number of hydrogen-bond donors (Lipinski definition) is 2. The van der Waals surface area contributed by atoms with Crippen molar-refractivity contribution in [2.45, 2.75) is 19.4 Å². The fourth-order valence-electron chi connectivity index (χ4n) is 4.19. The fraction of sp³-hybridized carbons (Fsp3) is 0.360. The van der Waals surface area contributed by atoms with Gasteiger partial charge in [-0.2, -0.15) is 0 Å². The molecule has 2 amide bonds. The second kappa shape index (κ2) is 10.3. The fourth-order valence-corrected chi connectivity index (χ4v) is 4.19. The van der Waals surface area contributed by atoms with Crippen molar-refractivity contribution in [1.82, 2.24) is 20.1 Å². The van der Waals surface area contributed by atoms with Crippen LogP contribution in [0.4, 0.5) is 0 Å². The van der Waals surface area contributed by atoms with E-state index in [2.05, 4.69) is 15.2 Å². The zero-order valence-corrected chi connectivity index (χ0v) is 18.4. The zero-order valence-electron chi connectivity index (χ0n) is 18.4. The molecule has 1 aliphatic heterocycles. The van der Waals surface area contributed by atoms with E-state index in [0.29, 0.717) is 26.1 Å². The Labute approximate surface area is 188 Å². The van der Waals surface area contributed by atoms with Gasteiger partial charge in [0.05, 0.1) is 0 Å². The molecule has 1 aromatic heterocycles. The lowest BCUT2D eigenvalue weighted by atomic mass is 10.0. The lowest BCUT2D eigenvalue weighted by molar-refractivity contribution is -0.137. The number of carbonyl (C=O) groups is 2. The molecule has 2 N–H and O–H groups in total. The summed E-state index contributed by atoms with van der Waals surface area (Å²) in [7, 11) is 0. The molecule has 3 aromatic rings. The molecule has 0 unspecified atom stereocenters. The van der Waals surface area contributed by atoms with Gasteiger partial charge in [-0.15, -0.1) is 0 Å². The van der Waals surface area contributed by atoms with Crippen molar-refractivity contribution in [3.05, 3.63) is 66.4 Å². The van der Waals surface area contributed by atoms with Crippen LogP contribution in [0.1, 0.15) is 12.5 Å². The summed E-state index contributed by atoms with van der Waals surface area (Å²) in [6.07, 6.45) is 2.39. The summed E-state index contributed by atoms with van der Waals surface area (Å²) in [5, 5.41) is 3.95. The molecule has 1 atom stereocenters. The van der Waals surface area contributed by atoms with Gasteiger partial charge in [-0.1, -0.05) is 36.4 Å². The molecule has 168 valence electrons. The number of ether oxygens (including phenoxy) is 1. The van der Waals surface area contributed by atoms with Crippen LogP contribution in [0, 0.1) is 0 Å². The number of H-pyrrole nitrogens is 1. The first-order chi connectivity index (χ1) is 15.6. The van der Waals surface area contributed by atoms with Crippen LogP contribution in [0.5, 0.6) is 5.75 Å². The topological polar surface area (TPSA) is 77.7 Å². The Hall–Kier alpha value is -3.32. The largest absolute Gasteiger partial charge is 0.492 e. The van der Waals surface area contributed by atoms with Gasteiger partial charge >= 0.3 is 0 Å². The first-order valence-electron chi connectivity index (χ1n) is 11.1. The second-order valence-corrected chi connectivity index (χ2v) is 8.15. The molecular formula is C25H30N4O3. The molecule has 7 nitrogen and oxygen atoms in total. The summed E-state index contributed by atoms with van der Waals surface area (Å²) in [5.41, 5.74) is 2.06. The Balaban J connectivity index is 1.31. The van der Waals surface area contributed by atoms with E-state index < -0.39 is 6.04 Å². The number of carbonyl (C=O) groups excluding carboxylic acids is 2. The lowest BCUT2D eigenvalue weighted by Crippen LogP contribution is -2.55. The van der Waals surface area contributed by atoms with Crippen LogP contribution < -0.4 is 10.1 Å². The van der Waals surface area contributed by atoms with Gasteiger partial charge in [0.15, 0.2) is 0 Å². The third-order valence-corrected chi connectivity index (χ3v) is 5.88. The normalized spacial score (nSPS) is 15.5. The van der Waals surface area contributed by atoms with E-state index in [9.17, 15) is 9.59 Å². The smallest absolute Gasteiger partial charge is 0.245 e. The monoisotopic (exact) mass is 434 g/mol. The molecule has 0 saturated carbocycles. The minimum Gasteiger partial charge on any atom is -0.492 e. The first-order valence-corrected chi connectivity index (χ1v) is 11.1. The molecule has 0 radical (unpaired) electrons. The van der Waals surface area contributed by atoms with Gasteiger partial charge in [0.25, 0.3) is 0 Å². The molecule has 4 rings (SSSR count). The highest BCUT2D eigenvalue weighted by molar-refractivity contribution is 5.89. The summed E-state index contributed by atoms with van der Waals surface area (Å²) in [4.78, 5) is 32.5. The van der Waals surface area contributed by atoms with Crippen molar-refractivity contribution >= 4 is 22.7 Å². The van der Waals surface area contributed by atoms with Gasteiger partial charge in [-0.3, -0.25) is 14.5 Å². The Bertz CT molecular complexity index is 1040. The number of benzene rings is 2. The van der Waals surface area contributed by atoms with Gasteiger partial charge in [0, 0.05) is 63.2 Å². The van der Waals surface area contributed by atoms with Crippen LogP contribution in [0.25, 0.3) is 10.9 Å². The van der Waals surface area contributed by atoms with E-state index in [1.54, 1.807) is 0 Å². The van der Waals surface area contributed by atoms with Crippen molar-refractivity contribution in [2.75, 3.05) is 39.3 Å². The minimum atomic E-state index is -0.570. The van der Waals surface area contributed by atoms with Crippen molar-refractivity contribution in [2.24, 2.45) is 0 Å². The Kier molecular flexibility index (Phi) is 7.07. The van der Waals surface area contributed by atoms with Gasteiger partial charge in [-0.05, 0) is 23.8 Å². The van der Waals surface area contributed by atoms with E-state index >= 15 is 0 Å². The number of aromatic nitrogens is 1. The maximum atomic E-state index is 13.3. The number of hydrogen-bond acceptors (Lipinski definition) is 4. The maximum Gasteiger partial charge on any atom is 0.245 e. The minimum absolute atomic E-state index is 0.0225.